The van der Waals surface area contributed by atoms with E-state index in [9.17, 15) is 26.7 Å². The number of ether oxygens (including phenoxy) is 1. The third-order valence-electron chi connectivity index (χ3n) is 3.05. The van der Waals surface area contributed by atoms with Gasteiger partial charge in [-0.15, -0.1) is 13.2 Å². The normalized spacial score (nSPS) is 12.4. The first-order chi connectivity index (χ1) is 11.6. The number of alkyl halides is 3. The van der Waals surface area contributed by atoms with Gasteiger partial charge < -0.3 is 15.4 Å². The van der Waals surface area contributed by atoms with Crippen LogP contribution < -0.4 is 15.4 Å². The van der Waals surface area contributed by atoms with E-state index in [1.165, 1.54) is 25.1 Å². The first-order valence-corrected chi connectivity index (χ1v) is 7.02. The zero-order valence-corrected chi connectivity index (χ0v) is 12.8. The van der Waals surface area contributed by atoms with Crippen molar-refractivity contribution in [2.75, 3.05) is 10.6 Å². The minimum atomic E-state index is -4.79. The predicted molar refractivity (Wildman–Crippen MR) is 81.2 cm³/mol. The molecular weight excluding hydrogens is 347 g/mol. The van der Waals surface area contributed by atoms with Gasteiger partial charge in [-0.3, -0.25) is 4.79 Å². The van der Waals surface area contributed by atoms with E-state index in [2.05, 4.69) is 15.4 Å². The van der Waals surface area contributed by atoms with Crippen molar-refractivity contribution in [3.63, 3.8) is 0 Å². The van der Waals surface area contributed by atoms with Crippen LogP contribution in [0.5, 0.6) is 5.75 Å². The quantitative estimate of drug-likeness (QED) is 0.782. The van der Waals surface area contributed by atoms with Gasteiger partial charge in [-0.2, -0.15) is 0 Å². The SMILES string of the molecule is C[C@@H](Nc1ccc(OC(F)(F)F)cc1)C(=O)Nc1ccc(F)c(F)c1. The second kappa shape index (κ2) is 7.37. The summed E-state index contributed by atoms with van der Waals surface area (Å²) in [5.74, 6) is -3.07. The summed E-state index contributed by atoms with van der Waals surface area (Å²) in [4.78, 5) is 12.0. The highest BCUT2D eigenvalue weighted by molar-refractivity contribution is 5.96. The highest BCUT2D eigenvalue weighted by atomic mass is 19.4. The number of nitrogens with one attached hydrogen (secondary N) is 2. The van der Waals surface area contributed by atoms with Crippen LogP contribution in [0.4, 0.5) is 33.3 Å². The van der Waals surface area contributed by atoms with Gasteiger partial charge in [0.25, 0.3) is 0 Å². The zero-order chi connectivity index (χ0) is 18.6. The van der Waals surface area contributed by atoms with Crippen LogP contribution in [0.25, 0.3) is 0 Å². The highest BCUT2D eigenvalue weighted by Crippen LogP contribution is 2.24. The molecule has 2 aromatic carbocycles. The van der Waals surface area contributed by atoms with E-state index in [0.29, 0.717) is 5.69 Å². The van der Waals surface area contributed by atoms with Crippen molar-refractivity contribution in [1.82, 2.24) is 0 Å². The van der Waals surface area contributed by atoms with Crippen LogP contribution >= 0.6 is 0 Å². The van der Waals surface area contributed by atoms with Gasteiger partial charge in [0.05, 0.1) is 0 Å². The topological polar surface area (TPSA) is 50.4 Å². The van der Waals surface area contributed by atoms with Crippen molar-refractivity contribution in [3.05, 3.63) is 54.1 Å². The first kappa shape index (κ1) is 18.5. The van der Waals surface area contributed by atoms with Gasteiger partial charge in [0.2, 0.25) is 5.91 Å². The molecule has 0 heterocycles. The second-order valence-electron chi connectivity index (χ2n) is 5.06. The maximum absolute atomic E-state index is 13.1. The van der Waals surface area contributed by atoms with Gasteiger partial charge in [-0.1, -0.05) is 0 Å². The summed E-state index contributed by atoms with van der Waals surface area (Å²) >= 11 is 0. The van der Waals surface area contributed by atoms with Gasteiger partial charge in [-0.05, 0) is 43.3 Å². The van der Waals surface area contributed by atoms with Crippen LogP contribution in [0.2, 0.25) is 0 Å². The number of carbonyl (C=O) groups excluding carboxylic acids is 1. The third kappa shape index (κ3) is 5.63. The van der Waals surface area contributed by atoms with Crippen molar-refractivity contribution in [3.8, 4) is 5.75 Å². The number of rotatable bonds is 5. The van der Waals surface area contributed by atoms with Gasteiger partial charge in [0, 0.05) is 17.4 Å². The fourth-order valence-corrected chi connectivity index (χ4v) is 1.89. The van der Waals surface area contributed by atoms with Crippen LogP contribution in [0.15, 0.2) is 42.5 Å². The molecule has 9 heteroatoms. The molecule has 0 fully saturated rings. The standard InChI is InChI=1S/C16H13F5N2O2/c1-9(15(24)23-11-4-7-13(17)14(18)8-11)22-10-2-5-12(6-3-10)25-16(19,20)21/h2-9,22H,1H3,(H,23,24)/t9-/m1/s1. The summed E-state index contributed by atoms with van der Waals surface area (Å²) in [6, 6.07) is 6.93. The van der Waals surface area contributed by atoms with E-state index in [4.69, 9.17) is 0 Å². The van der Waals surface area contributed by atoms with E-state index in [-0.39, 0.29) is 5.69 Å². The lowest BCUT2D eigenvalue weighted by molar-refractivity contribution is -0.274. The Balaban J connectivity index is 1.95. The fourth-order valence-electron chi connectivity index (χ4n) is 1.89. The molecule has 0 saturated heterocycles. The lowest BCUT2D eigenvalue weighted by Crippen LogP contribution is -2.31. The maximum atomic E-state index is 13.1. The van der Waals surface area contributed by atoms with Crippen LogP contribution in [-0.2, 0) is 4.79 Å². The number of benzene rings is 2. The Morgan fingerprint density at radius 1 is 1.00 bits per heavy atom. The molecule has 25 heavy (non-hydrogen) atoms. The molecule has 2 N–H and O–H groups in total. The fraction of sp³-hybridized carbons (Fsp3) is 0.188. The van der Waals surface area contributed by atoms with Gasteiger partial charge in [0.1, 0.15) is 11.8 Å². The Morgan fingerprint density at radius 3 is 2.16 bits per heavy atom. The minimum absolute atomic E-state index is 0.0754. The van der Waals surface area contributed by atoms with Crippen LogP contribution in [0.1, 0.15) is 6.92 Å². The summed E-state index contributed by atoms with van der Waals surface area (Å²) in [7, 11) is 0. The average molecular weight is 360 g/mol. The first-order valence-electron chi connectivity index (χ1n) is 7.02. The van der Waals surface area contributed by atoms with E-state index in [0.717, 1.165) is 24.3 Å². The van der Waals surface area contributed by atoms with Gasteiger partial charge in [0.15, 0.2) is 11.6 Å². The largest absolute Gasteiger partial charge is 0.573 e. The molecule has 0 spiro atoms. The molecule has 1 amide bonds. The van der Waals surface area contributed by atoms with Crippen LogP contribution in [0, 0.1) is 11.6 Å². The number of hydrogen-bond donors (Lipinski definition) is 2. The molecule has 4 nitrogen and oxygen atoms in total. The summed E-state index contributed by atoms with van der Waals surface area (Å²) in [5, 5.41) is 5.15. The molecule has 0 aromatic heterocycles. The molecule has 0 aliphatic rings. The molecule has 0 radical (unpaired) electrons. The number of carbonyl (C=O) groups is 1. The molecule has 0 aliphatic carbocycles. The smallest absolute Gasteiger partial charge is 0.406 e. The zero-order valence-electron chi connectivity index (χ0n) is 12.8. The molecule has 0 saturated carbocycles. The van der Waals surface area contributed by atoms with Crippen molar-refractivity contribution < 1.29 is 31.5 Å². The molecule has 0 aliphatic heterocycles. The predicted octanol–water partition coefficient (Wildman–Crippen LogP) is 4.30. The van der Waals surface area contributed by atoms with Crippen molar-refractivity contribution in [2.45, 2.75) is 19.3 Å². The minimum Gasteiger partial charge on any atom is -0.406 e. The van der Waals surface area contributed by atoms with E-state index in [1.807, 2.05) is 0 Å². The third-order valence-corrected chi connectivity index (χ3v) is 3.05. The van der Waals surface area contributed by atoms with E-state index < -0.39 is 35.7 Å². The Morgan fingerprint density at radius 2 is 1.60 bits per heavy atom. The molecule has 2 rings (SSSR count). The van der Waals surface area contributed by atoms with Gasteiger partial charge in [-0.25, -0.2) is 8.78 Å². The maximum Gasteiger partial charge on any atom is 0.573 e. The Labute approximate surface area is 139 Å². The summed E-state index contributed by atoms with van der Waals surface area (Å²) in [6.45, 7) is 1.50. The van der Waals surface area contributed by atoms with E-state index >= 15 is 0 Å². The molecular formula is C16H13F5N2O2. The summed E-state index contributed by atoms with van der Waals surface area (Å²) in [6.07, 6.45) is -4.79. The molecule has 134 valence electrons. The lowest BCUT2D eigenvalue weighted by Gasteiger charge is -2.16. The molecule has 0 unspecified atom stereocenters. The number of halogens is 5. The summed E-state index contributed by atoms with van der Waals surface area (Å²) < 4.78 is 65.9. The molecule has 2 aromatic rings. The molecule has 1 atom stereocenters. The molecule has 0 bridgehead atoms. The number of hydrogen-bond acceptors (Lipinski definition) is 3. The Bertz CT molecular complexity index is 747. The number of amides is 1. The second-order valence-corrected chi connectivity index (χ2v) is 5.06. The van der Waals surface area contributed by atoms with Crippen LogP contribution in [-0.4, -0.2) is 18.3 Å². The average Bonchev–Trinajstić information content (AvgIpc) is 2.51. The monoisotopic (exact) mass is 360 g/mol. The van der Waals surface area contributed by atoms with Gasteiger partial charge >= 0.3 is 6.36 Å². The Kier molecular flexibility index (Phi) is 5.45. The van der Waals surface area contributed by atoms with Crippen molar-refractivity contribution in [2.24, 2.45) is 0 Å². The lowest BCUT2D eigenvalue weighted by atomic mass is 10.2. The number of anilines is 2. The highest BCUT2D eigenvalue weighted by Gasteiger charge is 2.31. The van der Waals surface area contributed by atoms with E-state index in [1.54, 1.807) is 0 Å². The van der Waals surface area contributed by atoms with Crippen molar-refractivity contribution in [1.29, 1.82) is 0 Å². The van der Waals surface area contributed by atoms with Crippen molar-refractivity contribution >= 4 is 17.3 Å². The van der Waals surface area contributed by atoms with Crippen LogP contribution in [0.3, 0.4) is 0 Å². The Hall–Kier alpha value is -2.84. The summed E-state index contributed by atoms with van der Waals surface area (Å²) in [5.41, 5.74) is 0.453.